The van der Waals surface area contributed by atoms with Crippen LogP contribution in [0.3, 0.4) is 0 Å². The minimum atomic E-state index is -0.221. The van der Waals surface area contributed by atoms with E-state index in [-0.39, 0.29) is 17.8 Å². The van der Waals surface area contributed by atoms with E-state index in [2.05, 4.69) is 10.1 Å². The highest BCUT2D eigenvalue weighted by atomic mass is 32.2. The predicted octanol–water partition coefficient (Wildman–Crippen LogP) is 2.57. The number of amides is 1. The number of esters is 1. The highest BCUT2D eigenvalue weighted by molar-refractivity contribution is 7.99. The second-order valence-corrected chi connectivity index (χ2v) is 5.65. The molecule has 116 valence electrons. The Morgan fingerprint density at radius 2 is 2.00 bits per heavy atom. The van der Waals surface area contributed by atoms with Gasteiger partial charge >= 0.3 is 5.97 Å². The molecule has 1 N–H and O–H groups in total. The van der Waals surface area contributed by atoms with Gasteiger partial charge in [0, 0.05) is 17.9 Å². The van der Waals surface area contributed by atoms with E-state index in [4.69, 9.17) is 4.74 Å². The lowest BCUT2D eigenvalue weighted by molar-refractivity contribution is -0.144. The van der Waals surface area contributed by atoms with Crippen LogP contribution < -0.4 is 10.1 Å². The van der Waals surface area contributed by atoms with Crippen LogP contribution in [0.15, 0.2) is 24.3 Å². The summed E-state index contributed by atoms with van der Waals surface area (Å²) in [5.41, 5.74) is 0.665. The van der Waals surface area contributed by atoms with Crippen molar-refractivity contribution in [1.29, 1.82) is 0 Å². The fraction of sp³-hybridized carbons (Fsp3) is 0.467. The molecule has 1 rings (SSSR count). The van der Waals surface area contributed by atoms with Crippen LogP contribution in [-0.4, -0.2) is 37.6 Å². The van der Waals surface area contributed by atoms with Gasteiger partial charge in [-0.1, -0.05) is 19.1 Å². The Hall–Kier alpha value is -1.69. The first kappa shape index (κ1) is 17.4. The molecule has 1 atom stereocenters. The summed E-state index contributed by atoms with van der Waals surface area (Å²) in [6.45, 7) is 1.81. The van der Waals surface area contributed by atoms with Gasteiger partial charge in [-0.25, -0.2) is 0 Å². The summed E-state index contributed by atoms with van der Waals surface area (Å²) in [7, 11) is 2.94. The van der Waals surface area contributed by atoms with E-state index in [9.17, 15) is 9.59 Å². The monoisotopic (exact) mass is 311 g/mol. The number of para-hydroxylation sites is 2. The lowest BCUT2D eigenvalue weighted by atomic mass is 10.2. The zero-order chi connectivity index (χ0) is 15.7. The van der Waals surface area contributed by atoms with E-state index >= 15 is 0 Å². The molecule has 1 aromatic carbocycles. The van der Waals surface area contributed by atoms with Gasteiger partial charge in [0.2, 0.25) is 5.91 Å². The third-order valence-corrected chi connectivity index (χ3v) is 4.05. The van der Waals surface area contributed by atoms with Gasteiger partial charge in [-0.05, 0) is 12.1 Å². The summed E-state index contributed by atoms with van der Waals surface area (Å²) in [4.78, 5) is 23.1. The predicted molar refractivity (Wildman–Crippen MR) is 84.7 cm³/mol. The van der Waals surface area contributed by atoms with Gasteiger partial charge in [-0.15, -0.1) is 0 Å². The molecular formula is C15H21NO4S. The van der Waals surface area contributed by atoms with Gasteiger partial charge in [0.15, 0.2) is 0 Å². The third-order valence-electron chi connectivity index (χ3n) is 2.83. The maximum atomic E-state index is 11.8. The molecule has 0 fully saturated rings. The van der Waals surface area contributed by atoms with Crippen LogP contribution in [0, 0.1) is 5.92 Å². The van der Waals surface area contributed by atoms with Crippen molar-refractivity contribution in [1.82, 2.24) is 0 Å². The number of thioether (sulfide) groups is 1. The second-order valence-electron chi connectivity index (χ2n) is 4.50. The summed E-state index contributed by atoms with van der Waals surface area (Å²) in [5, 5.41) is 2.81. The molecule has 0 saturated carbocycles. The van der Waals surface area contributed by atoms with Gasteiger partial charge in [0.1, 0.15) is 5.75 Å². The Kier molecular flexibility index (Phi) is 7.68. The topological polar surface area (TPSA) is 64.6 Å². The van der Waals surface area contributed by atoms with Crippen LogP contribution >= 0.6 is 11.8 Å². The van der Waals surface area contributed by atoms with E-state index in [0.29, 0.717) is 29.4 Å². The Labute approximate surface area is 129 Å². The molecule has 0 aromatic heterocycles. The number of hydrogen-bond donors (Lipinski definition) is 1. The number of rotatable bonds is 8. The van der Waals surface area contributed by atoms with Crippen molar-refractivity contribution in [3.05, 3.63) is 24.3 Å². The van der Waals surface area contributed by atoms with E-state index in [0.717, 1.165) is 0 Å². The summed E-state index contributed by atoms with van der Waals surface area (Å²) in [5.74, 6) is 1.49. The lowest BCUT2D eigenvalue weighted by Gasteiger charge is -2.10. The van der Waals surface area contributed by atoms with Crippen LogP contribution in [0.1, 0.15) is 13.3 Å². The minimum absolute atomic E-state index is 0.0716. The van der Waals surface area contributed by atoms with Crippen molar-refractivity contribution in [3.63, 3.8) is 0 Å². The zero-order valence-corrected chi connectivity index (χ0v) is 13.4. The number of carbonyl (C=O) groups is 2. The number of methoxy groups -OCH3 is 2. The molecule has 6 heteroatoms. The molecule has 0 aliphatic carbocycles. The van der Waals surface area contributed by atoms with Gasteiger partial charge in [0.05, 0.1) is 25.8 Å². The minimum Gasteiger partial charge on any atom is -0.495 e. The number of nitrogens with one attached hydrogen (secondary N) is 1. The smallest absolute Gasteiger partial charge is 0.309 e. The number of anilines is 1. The van der Waals surface area contributed by atoms with E-state index in [1.165, 1.54) is 7.11 Å². The second kappa shape index (κ2) is 9.28. The maximum absolute atomic E-state index is 11.8. The Morgan fingerprint density at radius 3 is 2.67 bits per heavy atom. The summed E-state index contributed by atoms with van der Waals surface area (Å²) in [6.07, 6.45) is 0.386. The van der Waals surface area contributed by atoms with Crippen LogP contribution in [-0.2, 0) is 14.3 Å². The van der Waals surface area contributed by atoms with Gasteiger partial charge in [-0.2, -0.15) is 11.8 Å². The summed E-state index contributed by atoms with van der Waals surface area (Å²) in [6, 6.07) is 7.27. The molecule has 0 saturated heterocycles. The molecule has 0 aliphatic rings. The zero-order valence-electron chi connectivity index (χ0n) is 12.5. The lowest BCUT2D eigenvalue weighted by Crippen LogP contribution is -2.16. The fourth-order valence-corrected chi connectivity index (χ4v) is 2.64. The highest BCUT2D eigenvalue weighted by Gasteiger charge is 2.13. The molecule has 0 radical (unpaired) electrons. The number of carbonyl (C=O) groups excluding carboxylic acids is 2. The van der Waals surface area contributed by atoms with Crippen molar-refractivity contribution >= 4 is 29.3 Å². The summed E-state index contributed by atoms with van der Waals surface area (Å²) >= 11 is 1.56. The Morgan fingerprint density at radius 1 is 1.29 bits per heavy atom. The Balaban J connectivity index is 2.30. The van der Waals surface area contributed by atoms with Crippen molar-refractivity contribution in [2.24, 2.45) is 5.92 Å². The fourth-order valence-electron chi connectivity index (χ4n) is 1.65. The molecule has 1 unspecified atom stereocenters. The van der Waals surface area contributed by atoms with E-state index in [1.807, 2.05) is 19.1 Å². The molecule has 1 amide bonds. The van der Waals surface area contributed by atoms with Crippen LogP contribution in [0.4, 0.5) is 5.69 Å². The quantitative estimate of drug-likeness (QED) is 0.590. The first-order valence-corrected chi connectivity index (χ1v) is 7.82. The molecule has 0 bridgehead atoms. The molecule has 21 heavy (non-hydrogen) atoms. The molecule has 0 aliphatic heterocycles. The number of benzene rings is 1. The van der Waals surface area contributed by atoms with Crippen molar-refractivity contribution in [2.45, 2.75) is 13.3 Å². The third kappa shape index (κ3) is 6.08. The number of hydrogen-bond acceptors (Lipinski definition) is 5. The molecule has 0 heterocycles. The van der Waals surface area contributed by atoms with Crippen LogP contribution in [0.25, 0.3) is 0 Å². The van der Waals surface area contributed by atoms with Crippen LogP contribution in [0.5, 0.6) is 5.75 Å². The van der Waals surface area contributed by atoms with Gasteiger partial charge in [0.25, 0.3) is 0 Å². The van der Waals surface area contributed by atoms with Crippen LogP contribution in [0.2, 0.25) is 0 Å². The average molecular weight is 311 g/mol. The molecular weight excluding hydrogens is 290 g/mol. The van der Waals surface area contributed by atoms with Gasteiger partial charge < -0.3 is 14.8 Å². The maximum Gasteiger partial charge on any atom is 0.309 e. The molecule has 0 spiro atoms. The summed E-state index contributed by atoms with van der Waals surface area (Å²) < 4.78 is 9.82. The molecule has 5 nitrogen and oxygen atoms in total. The van der Waals surface area contributed by atoms with E-state index < -0.39 is 0 Å². The highest BCUT2D eigenvalue weighted by Crippen LogP contribution is 2.23. The van der Waals surface area contributed by atoms with Crippen molar-refractivity contribution < 1.29 is 19.1 Å². The Bertz CT molecular complexity index is 478. The first-order valence-electron chi connectivity index (χ1n) is 6.67. The van der Waals surface area contributed by atoms with E-state index in [1.54, 1.807) is 31.0 Å². The average Bonchev–Trinajstić information content (AvgIpc) is 2.51. The molecule has 1 aromatic rings. The SMILES string of the molecule is COC(=O)C(C)CSCCC(=O)Nc1ccccc1OC. The van der Waals surface area contributed by atoms with Gasteiger partial charge in [-0.3, -0.25) is 9.59 Å². The van der Waals surface area contributed by atoms with Crippen molar-refractivity contribution in [2.75, 3.05) is 31.0 Å². The largest absolute Gasteiger partial charge is 0.495 e. The standard InChI is InChI=1S/C15H21NO4S/c1-11(15(18)20-3)10-21-9-8-14(17)16-12-6-4-5-7-13(12)19-2/h4-7,11H,8-10H2,1-3H3,(H,16,17). The number of ether oxygens (including phenoxy) is 2. The normalized spacial score (nSPS) is 11.6. The van der Waals surface area contributed by atoms with Crippen molar-refractivity contribution in [3.8, 4) is 5.75 Å². The first-order chi connectivity index (χ1) is 10.1.